The van der Waals surface area contributed by atoms with Gasteiger partial charge in [-0.05, 0) is 13.0 Å². The Hall–Kier alpha value is -2.84. The number of amides is 3. The third-order valence-corrected chi connectivity index (χ3v) is 3.28. The third kappa shape index (κ3) is 2.92. The summed E-state index contributed by atoms with van der Waals surface area (Å²) in [7, 11) is 0. The summed E-state index contributed by atoms with van der Waals surface area (Å²) in [5.74, 6) is -2.62. The predicted octanol–water partition coefficient (Wildman–Crippen LogP) is 1.21. The van der Waals surface area contributed by atoms with Crippen molar-refractivity contribution in [3.63, 3.8) is 0 Å². The number of likely N-dealkylation sites (tertiary alicyclic amines) is 1. The summed E-state index contributed by atoms with van der Waals surface area (Å²) in [4.78, 5) is 45.9. The van der Waals surface area contributed by atoms with Gasteiger partial charge in [0, 0.05) is 25.0 Å². The van der Waals surface area contributed by atoms with Crippen LogP contribution in [-0.2, 0) is 14.4 Å². The van der Waals surface area contributed by atoms with Crippen molar-refractivity contribution in [2.24, 2.45) is 0 Å². The highest BCUT2D eigenvalue weighted by atomic mass is 19.1. The maximum absolute atomic E-state index is 13.6. The number of nitrogens with zero attached hydrogens (tertiary/aromatic N) is 2. The second-order valence-electron chi connectivity index (χ2n) is 4.74. The number of anilines is 1. The molecule has 1 saturated heterocycles. The molecule has 0 aromatic heterocycles. The van der Waals surface area contributed by atoms with E-state index in [0.717, 1.165) is 23.1 Å². The summed E-state index contributed by atoms with van der Waals surface area (Å²) < 4.78 is 13.6. The van der Waals surface area contributed by atoms with Crippen molar-refractivity contribution >= 4 is 29.1 Å². The molecule has 1 aliphatic heterocycles. The summed E-state index contributed by atoms with van der Waals surface area (Å²) in [6.45, 7) is 1.33. The number of hydrogen-bond acceptors (Lipinski definition) is 5. The van der Waals surface area contributed by atoms with Gasteiger partial charge in [-0.3, -0.25) is 29.4 Å². The molecule has 1 unspecified atom stereocenters. The standard InChI is InChI=1S/C13H12FN3O5/c1-7(16-11(18)4-5-12(16)19)13(20)15-10-6-8(17(21)22)2-3-9(10)14/h2-3,6-7H,4-5H2,1H3,(H,15,20). The Kier molecular flexibility index (Phi) is 4.15. The van der Waals surface area contributed by atoms with Crippen LogP contribution in [0.3, 0.4) is 0 Å². The number of hydrogen-bond donors (Lipinski definition) is 1. The lowest BCUT2D eigenvalue weighted by Crippen LogP contribution is -2.45. The van der Waals surface area contributed by atoms with E-state index < -0.39 is 40.2 Å². The molecule has 8 nitrogen and oxygen atoms in total. The quantitative estimate of drug-likeness (QED) is 0.510. The topological polar surface area (TPSA) is 110 Å². The van der Waals surface area contributed by atoms with Crippen LogP contribution in [0.5, 0.6) is 0 Å². The van der Waals surface area contributed by atoms with E-state index in [2.05, 4.69) is 5.32 Å². The molecule has 116 valence electrons. The molecular formula is C13H12FN3O5. The van der Waals surface area contributed by atoms with Crippen LogP contribution in [0.25, 0.3) is 0 Å². The van der Waals surface area contributed by atoms with Gasteiger partial charge in [-0.2, -0.15) is 0 Å². The lowest BCUT2D eigenvalue weighted by molar-refractivity contribution is -0.384. The van der Waals surface area contributed by atoms with Gasteiger partial charge in [-0.1, -0.05) is 0 Å². The number of halogens is 1. The first-order valence-electron chi connectivity index (χ1n) is 6.41. The second kappa shape index (κ2) is 5.88. The molecular weight excluding hydrogens is 297 g/mol. The van der Waals surface area contributed by atoms with Crippen LogP contribution < -0.4 is 5.32 Å². The van der Waals surface area contributed by atoms with Gasteiger partial charge in [-0.25, -0.2) is 4.39 Å². The number of non-ortho nitro benzene ring substituents is 1. The Morgan fingerprint density at radius 2 is 1.95 bits per heavy atom. The van der Waals surface area contributed by atoms with E-state index in [1.54, 1.807) is 0 Å². The van der Waals surface area contributed by atoms with E-state index in [4.69, 9.17) is 0 Å². The first-order valence-corrected chi connectivity index (χ1v) is 6.41. The van der Waals surface area contributed by atoms with Gasteiger partial charge in [-0.15, -0.1) is 0 Å². The Bertz CT molecular complexity index is 660. The van der Waals surface area contributed by atoms with Crippen molar-refractivity contribution in [1.82, 2.24) is 4.90 Å². The largest absolute Gasteiger partial charge is 0.322 e. The average Bonchev–Trinajstić information content (AvgIpc) is 2.79. The minimum atomic E-state index is -1.12. The lowest BCUT2D eigenvalue weighted by Gasteiger charge is -2.21. The van der Waals surface area contributed by atoms with Crippen molar-refractivity contribution in [2.45, 2.75) is 25.8 Å². The molecule has 1 N–H and O–H groups in total. The van der Waals surface area contributed by atoms with Crippen molar-refractivity contribution in [2.75, 3.05) is 5.32 Å². The van der Waals surface area contributed by atoms with Crippen LogP contribution in [0.1, 0.15) is 19.8 Å². The molecule has 1 aromatic carbocycles. The minimum absolute atomic E-state index is 0.0294. The Morgan fingerprint density at radius 3 is 2.50 bits per heavy atom. The number of carbonyl (C=O) groups is 3. The van der Waals surface area contributed by atoms with Crippen LogP contribution in [-0.4, -0.2) is 33.6 Å². The van der Waals surface area contributed by atoms with Crippen LogP contribution in [0, 0.1) is 15.9 Å². The maximum Gasteiger partial charge on any atom is 0.271 e. The van der Waals surface area contributed by atoms with Crippen LogP contribution in [0.15, 0.2) is 18.2 Å². The molecule has 1 heterocycles. The summed E-state index contributed by atoms with van der Waals surface area (Å²) >= 11 is 0. The Morgan fingerprint density at radius 1 is 1.36 bits per heavy atom. The minimum Gasteiger partial charge on any atom is -0.322 e. The zero-order valence-electron chi connectivity index (χ0n) is 11.5. The van der Waals surface area contributed by atoms with Crippen molar-refractivity contribution < 1.29 is 23.7 Å². The Balaban J connectivity index is 2.18. The molecule has 22 heavy (non-hydrogen) atoms. The molecule has 0 aliphatic carbocycles. The van der Waals surface area contributed by atoms with Gasteiger partial charge in [0.1, 0.15) is 11.9 Å². The van der Waals surface area contributed by atoms with Crippen LogP contribution in [0.2, 0.25) is 0 Å². The second-order valence-corrected chi connectivity index (χ2v) is 4.74. The van der Waals surface area contributed by atoms with Crippen molar-refractivity contribution in [1.29, 1.82) is 0 Å². The van der Waals surface area contributed by atoms with E-state index in [0.29, 0.717) is 0 Å². The molecule has 1 atom stereocenters. The highest BCUT2D eigenvalue weighted by Crippen LogP contribution is 2.22. The summed E-state index contributed by atoms with van der Waals surface area (Å²) in [5.41, 5.74) is -0.775. The molecule has 3 amide bonds. The molecule has 9 heteroatoms. The molecule has 0 radical (unpaired) electrons. The smallest absolute Gasteiger partial charge is 0.271 e. The molecule has 1 aromatic rings. The molecule has 0 saturated carbocycles. The maximum atomic E-state index is 13.6. The zero-order chi connectivity index (χ0) is 16.4. The highest BCUT2D eigenvalue weighted by Gasteiger charge is 2.36. The lowest BCUT2D eigenvalue weighted by atomic mass is 10.2. The Labute approximate surface area is 124 Å². The third-order valence-electron chi connectivity index (χ3n) is 3.28. The fourth-order valence-electron chi connectivity index (χ4n) is 2.10. The van der Waals surface area contributed by atoms with Crippen molar-refractivity contribution in [3.8, 4) is 0 Å². The average molecular weight is 309 g/mol. The predicted molar refractivity (Wildman–Crippen MR) is 72.2 cm³/mol. The van der Waals surface area contributed by atoms with E-state index >= 15 is 0 Å². The molecule has 2 rings (SSSR count). The fourth-order valence-corrected chi connectivity index (χ4v) is 2.10. The summed E-state index contributed by atoms with van der Waals surface area (Å²) in [5, 5.41) is 12.8. The number of nitro benzene ring substituents is 1. The van der Waals surface area contributed by atoms with Gasteiger partial charge >= 0.3 is 0 Å². The number of nitrogens with one attached hydrogen (secondary N) is 1. The van der Waals surface area contributed by atoms with Crippen molar-refractivity contribution in [3.05, 3.63) is 34.1 Å². The number of rotatable bonds is 4. The molecule has 0 spiro atoms. The van der Waals surface area contributed by atoms with E-state index in [1.807, 2.05) is 0 Å². The fraction of sp³-hybridized carbons (Fsp3) is 0.308. The zero-order valence-corrected chi connectivity index (χ0v) is 11.5. The monoisotopic (exact) mass is 309 g/mol. The number of nitro groups is 1. The normalized spacial score (nSPS) is 15.8. The number of benzene rings is 1. The first-order chi connectivity index (χ1) is 10.3. The molecule has 0 bridgehead atoms. The molecule has 1 fully saturated rings. The van der Waals surface area contributed by atoms with Crippen LogP contribution >= 0.6 is 0 Å². The SMILES string of the molecule is CC(C(=O)Nc1cc([N+](=O)[O-])ccc1F)N1C(=O)CCC1=O. The number of imide groups is 1. The summed E-state index contributed by atoms with van der Waals surface area (Å²) in [6.07, 6.45) is 0.0588. The van der Waals surface area contributed by atoms with E-state index in [1.165, 1.54) is 6.92 Å². The van der Waals surface area contributed by atoms with E-state index in [-0.39, 0.29) is 18.5 Å². The number of carbonyl (C=O) groups excluding carboxylic acids is 3. The van der Waals surface area contributed by atoms with Gasteiger partial charge < -0.3 is 5.32 Å². The van der Waals surface area contributed by atoms with Crippen LogP contribution in [0.4, 0.5) is 15.8 Å². The first kappa shape index (κ1) is 15.5. The summed E-state index contributed by atoms with van der Waals surface area (Å²) in [6, 6.07) is 1.56. The van der Waals surface area contributed by atoms with E-state index in [9.17, 15) is 28.9 Å². The van der Waals surface area contributed by atoms with Gasteiger partial charge in [0.2, 0.25) is 17.7 Å². The molecule has 1 aliphatic rings. The van der Waals surface area contributed by atoms with Gasteiger partial charge in [0.15, 0.2) is 0 Å². The van der Waals surface area contributed by atoms with Gasteiger partial charge in [0.05, 0.1) is 10.6 Å². The van der Waals surface area contributed by atoms with Gasteiger partial charge in [0.25, 0.3) is 5.69 Å². The highest BCUT2D eigenvalue weighted by molar-refractivity contribution is 6.07.